The Labute approximate surface area is 185 Å². The molecule has 0 aromatic heterocycles. The largest absolute Gasteiger partial charge is 0.493 e. The van der Waals surface area contributed by atoms with Crippen LogP contribution in [0.1, 0.15) is 58.4 Å². The summed E-state index contributed by atoms with van der Waals surface area (Å²) in [6, 6.07) is 3.15. The summed E-state index contributed by atoms with van der Waals surface area (Å²) in [5.41, 5.74) is 0.872. The highest BCUT2D eigenvalue weighted by molar-refractivity contribution is 5.84. The minimum Gasteiger partial charge on any atom is -0.493 e. The minimum atomic E-state index is -0.907. The molecule has 31 heavy (non-hydrogen) atoms. The fourth-order valence-corrected chi connectivity index (χ4v) is 4.31. The van der Waals surface area contributed by atoms with E-state index in [-0.39, 0.29) is 11.3 Å². The molecule has 1 N–H and O–H groups in total. The molecule has 7 nitrogen and oxygen atoms in total. The summed E-state index contributed by atoms with van der Waals surface area (Å²) in [5.74, 6) is 1.22. The number of carboxylic acid groups (broad SMARTS) is 1. The first-order valence-corrected chi connectivity index (χ1v) is 10.9. The Morgan fingerprint density at radius 3 is 2.29 bits per heavy atom. The van der Waals surface area contributed by atoms with Crippen LogP contribution in [0.5, 0.6) is 17.2 Å². The molecule has 1 aliphatic rings. The lowest BCUT2D eigenvalue weighted by atomic mass is 9.86. The standard InChI is InChI=1S/C24H37NO6/c1-24(2,3)14-20(26)25-15-16(10-12-18(25)23(27)28)8-7-9-17-11-13-19(29-4)22(31-6)21(17)30-5/h11,13,16,18H,7-10,12,14-15H2,1-6H3,(H,27,28). The maximum absolute atomic E-state index is 12.8. The average molecular weight is 436 g/mol. The number of amides is 1. The van der Waals surface area contributed by atoms with Crippen molar-refractivity contribution in [2.75, 3.05) is 27.9 Å². The molecule has 2 atom stereocenters. The van der Waals surface area contributed by atoms with E-state index in [9.17, 15) is 14.7 Å². The summed E-state index contributed by atoms with van der Waals surface area (Å²) in [6.45, 7) is 6.50. The maximum Gasteiger partial charge on any atom is 0.326 e. The van der Waals surface area contributed by atoms with Crippen LogP contribution in [0, 0.1) is 11.3 Å². The van der Waals surface area contributed by atoms with Crippen molar-refractivity contribution in [3.05, 3.63) is 17.7 Å². The number of carbonyl (C=O) groups is 2. The third kappa shape index (κ3) is 6.52. The van der Waals surface area contributed by atoms with Crippen LogP contribution in [-0.4, -0.2) is 55.8 Å². The Hall–Kier alpha value is -2.44. The molecule has 2 unspecified atom stereocenters. The zero-order chi connectivity index (χ0) is 23.2. The van der Waals surface area contributed by atoms with Crippen molar-refractivity contribution >= 4 is 11.9 Å². The lowest BCUT2D eigenvalue weighted by molar-refractivity contribution is -0.154. The number of likely N-dealkylation sites (tertiary alicyclic amines) is 1. The van der Waals surface area contributed by atoms with Gasteiger partial charge in [0.1, 0.15) is 6.04 Å². The normalized spacial score (nSPS) is 19.1. The Kier molecular flexibility index (Phi) is 8.60. The van der Waals surface area contributed by atoms with Gasteiger partial charge in [0.15, 0.2) is 11.5 Å². The molecule has 0 saturated carbocycles. The highest BCUT2D eigenvalue weighted by Crippen LogP contribution is 2.40. The molecule has 174 valence electrons. The number of aryl methyl sites for hydroxylation is 1. The number of carbonyl (C=O) groups excluding carboxylic acids is 1. The fraction of sp³-hybridized carbons (Fsp3) is 0.667. The van der Waals surface area contributed by atoms with E-state index in [2.05, 4.69) is 0 Å². The van der Waals surface area contributed by atoms with E-state index in [0.29, 0.717) is 42.6 Å². The Morgan fingerprint density at radius 1 is 1.06 bits per heavy atom. The molecule has 1 fully saturated rings. The highest BCUT2D eigenvalue weighted by atomic mass is 16.5. The molecule has 1 saturated heterocycles. The van der Waals surface area contributed by atoms with Gasteiger partial charge in [-0.15, -0.1) is 0 Å². The lowest BCUT2D eigenvalue weighted by Crippen LogP contribution is -2.51. The molecule has 0 aliphatic carbocycles. The Morgan fingerprint density at radius 2 is 1.74 bits per heavy atom. The molecule has 0 bridgehead atoms. The molecule has 1 amide bonds. The van der Waals surface area contributed by atoms with Crippen molar-refractivity contribution in [3.63, 3.8) is 0 Å². The molecule has 1 aromatic rings. The third-order valence-corrected chi connectivity index (χ3v) is 5.81. The Bertz CT molecular complexity index is 770. The summed E-state index contributed by atoms with van der Waals surface area (Å²) in [5, 5.41) is 9.59. The van der Waals surface area contributed by atoms with Crippen molar-refractivity contribution in [1.82, 2.24) is 4.90 Å². The molecule has 0 spiro atoms. The van der Waals surface area contributed by atoms with Crippen LogP contribution in [-0.2, 0) is 16.0 Å². The van der Waals surface area contributed by atoms with E-state index in [0.717, 1.165) is 31.2 Å². The van der Waals surface area contributed by atoms with Gasteiger partial charge in [-0.3, -0.25) is 4.79 Å². The quantitative estimate of drug-likeness (QED) is 0.627. The highest BCUT2D eigenvalue weighted by Gasteiger charge is 2.36. The average Bonchev–Trinajstić information content (AvgIpc) is 2.71. The molecular weight excluding hydrogens is 398 g/mol. The lowest BCUT2D eigenvalue weighted by Gasteiger charge is -2.39. The fourth-order valence-electron chi connectivity index (χ4n) is 4.31. The van der Waals surface area contributed by atoms with E-state index < -0.39 is 12.0 Å². The van der Waals surface area contributed by atoms with Gasteiger partial charge in [0, 0.05) is 13.0 Å². The molecular formula is C24H37NO6. The first-order valence-electron chi connectivity index (χ1n) is 10.9. The van der Waals surface area contributed by atoms with Gasteiger partial charge >= 0.3 is 5.97 Å². The van der Waals surface area contributed by atoms with Gasteiger partial charge in [-0.25, -0.2) is 4.79 Å². The number of hydrogen-bond donors (Lipinski definition) is 1. The van der Waals surface area contributed by atoms with Gasteiger partial charge in [0.25, 0.3) is 0 Å². The minimum absolute atomic E-state index is 0.0637. The van der Waals surface area contributed by atoms with Crippen LogP contribution >= 0.6 is 0 Å². The number of carboxylic acids is 1. The van der Waals surface area contributed by atoms with Crippen molar-refractivity contribution in [2.45, 2.75) is 65.3 Å². The first-order chi connectivity index (χ1) is 14.6. The van der Waals surface area contributed by atoms with E-state index in [1.165, 1.54) is 0 Å². The van der Waals surface area contributed by atoms with Crippen LogP contribution in [0.15, 0.2) is 12.1 Å². The Balaban J connectivity index is 2.03. The number of benzene rings is 1. The summed E-state index contributed by atoms with van der Waals surface area (Å²) in [7, 11) is 4.80. The predicted molar refractivity (Wildman–Crippen MR) is 119 cm³/mol. The SMILES string of the molecule is COc1ccc(CCCC2CCC(C(=O)O)N(C(=O)CC(C)(C)C)C2)c(OC)c1OC. The second-order valence-electron chi connectivity index (χ2n) is 9.47. The second kappa shape index (κ2) is 10.7. The van der Waals surface area contributed by atoms with E-state index in [4.69, 9.17) is 14.2 Å². The first kappa shape index (κ1) is 24.8. The van der Waals surface area contributed by atoms with Crippen LogP contribution < -0.4 is 14.2 Å². The molecule has 1 aromatic carbocycles. The van der Waals surface area contributed by atoms with Gasteiger partial charge < -0.3 is 24.2 Å². The van der Waals surface area contributed by atoms with Crippen molar-refractivity contribution in [2.24, 2.45) is 11.3 Å². The van der Waals surface area contributed by atoms with Gasteiger partial charge in [0.05, 0.1) is 21.3 Å². The molecule has 1 heterocycles. The summed E-state index contributed by atoms with van der Waals surface area (Å²) in [6.07, 6.45) is 4.32. The summed E-state index contributed by atoms with van der Waals surface area (Å²) >= 11 is 0. The molecule has 7 heteroatoms. The number of ether oxygens (including phenoxy) is 3. The van der Waals surface area contributed by atoms with E-state index in [1.54, 1.807) is 26.2 Å². The van der Waals surface area contributed by atoms with E-state index in [1.807, 2.05) is 32.9 Å². The van der Waals surface area contributed by atoms with Crippen molar-refractivity contribution in [1.29, 1.82) is 0 Å². The molecule has 0 radical (unpaired) electrons. The van der Waals surface area contributed by atoms with E-state index >= 15 is 0 Å². The van der Waals surface area contributed by atoms with Crippen LogP contribution in [0.25, 0.3) is 0 Å². The zero-order valence-corrected chi connectivity index (χ0v) is 19.7. The summed E-state index contributed by atoms with van der Waals surface area (Å²) < 4.78 is 16.4. The van der Waals surface area contributed by atoms with Crippen LogP contribution in [0.3, 0.4) is 0 Å². The van der Waals surface area contributed by atoms with Crippen LogP contribution in [0.4, 0.5) is 0 Å². The molecule has 1 aliphatic heterocycles. The number of hydrogen-bond acceptors (Lipinski definition) is 5. The van der Waals surface area contributed by atoms with Gasteiger partial charge in [-0.1, -0.05) is 26.8 Å². The second-order valence-corrected chi connectivity index (χ2v) is 9.47. The monoisotopic (exact) mass is 435 g/mol. The smallest absolute Gasteiger partial charge is 0.326 e. The number of methoxy groups -OCH3 is 3. The number of piperidine rings is 1. The topological polar surface area (TPSA) is 85.3 Å². The number of rotatable bonds is 9. The van der Waals surface area contributed by atoms with Gasteiger partial charge in [0.2, 0.25) is 11.7 Å². The number of nitrogens with zero attached hydrogens (tertiary/aromatic N) is 1. The third-order valence-electron chi connectivity index (χ3n) is 5.81. The van der Waals surface area contributed by atoms with Crippen molar-refractivity contribution in [3.8, 4) is 17.2 Å². The molecule has 2 rings (SSSR count). The summed E-state index contributed by atoms with van der Waals surface area (Å²) in [4.78, 5) is 26.1. The van der Waals surface area contributed by atoms with Crippen molar-refractivity contribution < 1.29 is 28.9 Å². The van der Waals surface area contributed by atoms with Gasteiger partial charge in [-0.2, -0.15) is 0 Å². The van der Waals surface area contributed by atoms with Crippen LogP contribution in [0.2, 0.25) is 0 Å². The zero-order valence-electron chi connectivity index (χ0n) is 19.7. The van der Waals surface area contributed by atoms with Gasteiger partial charge in [-0.05, 0) is 55.1 Å². The number of aliphatic carboxylic acids is 1. The maximum atomic E-state index is 12.8. The predicted octanol–water partition coefficient (Wildman–Crippen LogP) is 4.16.